The molecule has 0 aliphatic carbocycles. The molecule has 0 heterocycles. The Labute approximate surface area is 110 Å². The number of allylic oxidation sites excluding steroid dienone is 1. The van der Waals surface area contributed by atoms with E-state index in [1.807, 2.05) is 0 Å². The van der Waals surface area contributed by atoms with Crippen LogP contribution in [0, 0.1) is 12.7 Å². The Balaban J connectivity index is 2.87. The van der Waals surface area contributed by atoms with Crippen molar-refractivity contribution in [2.75, 3.05) is 0 Å². The van der Waals surface area contributed by atoms with Crippen LogP contribution in [0.5, 0.6) is 0 Å². The lowest BCUT2D eigenvalue weighted by Crippen LogP contribution is -2.40. The Kier molecular flexibility index (Phi) is 5.23. The number of aliphatic carboxylic acids is 1. The summed E-state index contributed by atoms with van der Waals surface area (Å²) in [6.45, 7) is 3.42. The Morgan fingerprint density at radius 1 is 1.47 bits per heavy atom. The van der Waals surface area contributed by atoms with Crippen molar-refractivity contribution in [3.05, 3.63) is 47.3 Å². The molecule has 1 amide bonds. The van der Waals surface area contributed by atoms with E-state index in [9.17, 15) is 14.0 Å². The minimum absolute atomic E-state index is 0.145. The van der Waals surface area contributed by atoms with E-state index in [-0.39, 0.29) is 12.0 Å². The third kappa shape index (κ3) is 4.21. The monoisotopic (exact) mass is 265 g/mol. The SMILES string of the molecule is C/C=C/CC(NC(=O)c1cc(F)ccc1C)C(=O)O. The molecule has 2 N–H and O–H groups in total. The summed E-state index contributed by atoms with van der Waals surface area (Å²) in [5.41, 5.74) is 0.737. The van der Waals surface area contributed by atoms with Crippen molar-refractivity contribution < 1.29 is 19.1 Å². The van der Waals surface area contributed by atoms with Crippen LogP contribution in [-0.2, 0) is 4.79 Å². The lowest BCUT2D eigenvalue weighted by molar-refractivity contribution is -0.139. The zero-order chi connectivity index (χ0) is 14.4. The maximum absolute atomic E-state index is 13.1. The zero-order valence-corrected chi connectivity index (χ0v) is 10.8. The van der Waals surface area contributed by atoms with Crippen molar-refractivity contribution in [2.45, 2.75) is 26.3 Å². The fourth-order valence-corrected chi connectivity index (χ4v) is 1.57. The van der Waals surface area contributed by atoms with E-state index in [1.165, 1.54) is 12.1 Å². The van der Waals surface area contributed by atoms with Crippen molar-refractivity contribution in [1.82, 2.24) is 5.32 Å². The number of aryl methyl sites for hydroxylation is 1. The van der Waals surface area contributed by atoms with Crippen LogP contribution in [0.4, 0.5) is 4.39 Å². The van der Waals surface area contributed by atoms with Crippen molar-refractivity contribution in [3.63, 3.8) is 0 Å². The second-order valence-corrected chi connectivity index (χ2v) is 4.13. The minimum Gasteiger partial charge on any atom is -0.480 e. The molecular formula is C14H16FNO3. The fraction of sp³-hybridized carbons (Fsp3) is 0.286. The van der Waals surface area contributed by atoms with Gasteiger partial charge in [-0.25, -0.2) is 9.18 Å². The van der Waals surface area contributed by atoms with Crippen LogP contribution >= 0.6 is 0 Å². The molecule has 0 saturated carbocycles. The molecule has 0 aliphatic heterocycles. The molecule has 1 unspecified atom stereocenters. The minimum atomic E-state index is -1.12. The van der Waals surface area contributed by atoms with Crippen molar-refractivity contribution >= 4 is 11.9 Å². The number of carbonyl (C=O) groups is 2. The van der Waals surface area contributed by atoms with E-state index in [0.29, 0.717) is 5.56 Å². The molecule has 1 rings (SSSR count). The van der Waals surface area contributed by atoms with Crippen LogP contribution in [0.2, 0.25) is 0 Å². The molecule has 0 radical (unpaired) electrons. The first-order chi connectivity index (χ1) is 8.95. The molecule has 0 aliphatic rings. The highest BCUT2D eigenvalue weighted by Gasteiger charge is 2.20. The summed E-state index contributed by atoms with van der Waals surface area (Å²) in [4.78, 5) is 22.9. The number of nitrogens with one attached hydrogen (secondary N) is 1. The maximum Gasteiger partial charge on any atom is 0.326 e. The number of rotatable bonds is 5. The number of carbonyl (C=O) groups excluding carboxylic acids is 1. The van der Waals surface area contributed by atoms with E-state index in [4.69, 9.17) is 5.11 Å². The average Bonchev–Trinajstić information content (AvgIpc) is 2.36. The summed E-state index contributed by atoms with van der Waals surface area (Å²) >= 11 is 0. The summed E-state index contributed by atoms with van der Waals surface area (Å²) in [5.74, 6) is -2.24. The van der Waals surface area contributed by atoms with Crippen LogP contribution in [0.15, 0.2) is 30.4 Å². The van der Waals surface area contributed by atoms with Crippen molar-refractivity contribution in [3.8, 4) is 0 Å². The van der Waals surface area contributed by atoms with Gasteiger partial charge in [-0.1, -0.05) is 18.2 Å². The van der Waals surface area contributed by atoms with E-state index >= 15 is 0 Å². The molecular weight excluding hydrogens is 249 g/mol. The van der Waals surface area contributed by atoms with Crippen LogP contribution in [0.1, 0.15) is 29.3 Å². The first kappa shape index (κ1) is 14.9. The highest BCUT2D eigenvalue weighted by molar-refractivity contribution is 5.97. The highest BCUT2D eigenvalue weighted by atomic mass is 19.1. The third-order valence-electron chi connectivity index (χ3n) is 2.66. The number of hydrogen-bond acceptors (Lipinski definition) is 2. The average molecular weight is 265 g/mol. The number of carboxylic acid groups (broad SMARTS) is 1. The molecule has 0 saturated heterocycles. The number of benzene rings is 1. The molecule has 0 aromatic heterocycles. The van der Waals surface area contributed by atoms with E-state index in [1.54, 1.807) is 26.0 Å². The third-order valence-corrected chi connectivity index (χ3v) is 2.66. The van der Waals surface area contributed by atoms with Crippen LogP contribution < -0.4 is 5.32 Å². The van der Waals surface area contributed by atoms with Gasteiger partial charge in [0.25, 0.3) is 5.91 Å². The quantitative estimate of drug-likeness (QED) is 0.803. The van der Waals surface area contributed by atoms with E-state index in [2.05, 4.69) is 5.32 Å². The molecule has 4 nitrogen and oxygen atoms in total. The first-order valence-corrected chi connectivity index (χ1v) is 5.86. The van der Waals surface area contributed by atoms with Gasteiger partial charge in [-0.3, -0.25) is 4.79 Å². The van der Waals surface area contributed by atoms with Crippen molar-refractivity contribution in [2.24, 2.45) is 0 Å². The van der Waals surface area contributed by atoms with E-state index in [0.717, 1.165) is 6.07 Å². The second kappa shape index (κ2) is 6.68. The summed E-state index contributed by atoms with van der Waals surface area (Å²) < 4.78 is 13.1. The van der Waals surface area contributed by atoms with Gasteiger partial charge in [0.05, 0.1) is 0 Å². The van der Waals surface area contributed by atoms with Gasteiger partial charge in [-0.05, 0) is 38.0 Å². The zero-order valence-electron chi connectivity index (χ0n) is 10.8. The fourth-order valence-electron chi connectivity index (χ4n) is 1.57. The van der Waals surface area contributed by atoms with Gasteiger partial charge in [-0.2, -0.15) is 0 Å². The summed E-state index contributed by atoms with van der Waals surface area (Å²) in [6, 6.07) is 2.80. The predicted octanol–water partition coefficient (Wildman–Crippen LogP) is 2.28. The lowest BCUT2D eigenvalue weighted by atomic mass is 10.1. The Bertz CT molecular complexity index is 511. The standard InChI is InChI=1S/C14H16FNO3/c1-3-4-5-12(14(18)19)16-13(17)11-8-10(15)7-6-9(11)2/h3-4,6-8,12H,5H2,1-2H3,(H,16,17)(H,18,19)/b4-3+. The second-order valence-electron chi connectivity index (χ2n) is 4.13. The van der Waals surface area contributed by atoms with Crippen molar-refractivity contribution in [1.29, 1.82) is 0 Å². The largest absolute Gasteiger partial charge is 0.480 e. The number of amides is 1. The Morgan fingerprint density at radius 2 is 2.16 bits per heavy atom. The Hall–Kier alpha value is -2.17. The number of carboxylic acids is 1. The summed E-state index contributed by atoms with van der Waals surface area (Å²) in [7, 11) is 0. The molecule has 102 valence electrons. The van der Waals surface area contributed by atoms with Crippen LogP contribution in [-0.4, -0.2) is 23.0 Å². The summed E-state index contributed by atoms with van der Waals surface area (Å²) in [5, 5.41) is 11.4. The molecule has 5 heteroatoms. The lowest BCUT2D eigenvalue weighted by Gasteiger charge is -2.13. The maximum atomic E-state index is 13.1. The van der Waals surface area contributed by atoms with Crippen LogP contribution in [0.3, 0.4) is 0 Å². The first-order valence-electron chi connectivity index (χ1n) is 5.86. The van der Waals surface area contributed by atoms with E-state index < -0.39 is 23.7 Å². The predicted molar refractivity (Wildman–Crippen MR) is 69.5 cm³/mol. The van der Waals surface area contributed by atoms with Gasteiger partial charge < -0.3 is 10.4 Å². The number of halogens is 1. The normalized spacial score (nSPS) is 12.4. The number of hydrogen-bond donors (Lipinski definition) is 2. The molecule has 19 heavy (non-hydrogen) atoms. The van der Waals surface area contributed by atoms with Gasteiger partial charge in [-0.15, -0.1) is 0 Å². The van der Waals surface area contributed by atoms with Crippen LogP contribution in [0.25, 0.3) is 0 Å². The molecule has 1 atom stereocenters. The Morgan fingerprint density at radius 3 is 2.74 bits per heavy atom. The molecule has 0 spiro atoms. The topological polar surface area (TPSA) is 66.4 Å². The molecule has 1 aromatic carbocycles. The van der Waals surface area contributed by atoms with Gasteiger partial charge in [0.1, 0.15) is 11.9 Å². The summed E-state index contributed by atoms with van der Waals surface area (Å²) in [6.07, 6.45) is 3.54. The van der Waals surface area contributed by atoms with Gasteiger partial charge in [0, 0.05) is 5.56 Å². The van der Waals surface area contributed by atoms with Gasteiger partial charge in [0.2, 0.25) is 0 Å². The van der Waals surface area contributed by atoms with Gasteiger partial charge in [0.15, 0.2) is 0 Å². The smallest absolute Gasteiger partial charge is 0.326 e. The van der Waals surface area contributed by atoms with Gasteiger partial charge >= 0.3 is 5.97 Å². The molecule has 0 fully saturated rings. The molecule has 1 aromatic rings. The highest BCUT2D eigenvalue weighted by Crippen LogP contribution is 2.10. The molecule has 0 bridgehead atoms.